The molecule has 1 N–H and O–H groups in total. The van der Waals surface area contributed by atoms with Crippen LogP contribution in [-0.4, -0.2) is 4.98 Å². The van der Waals surface area contributed by atoms with Gasteiger partial charge in [0, 0.05) is 5.69 Å². The summed E-state index contributed by atoms with van der Waals surface area (Å²) in [6, 6.07) is 2.13. The highest BCUT2D eigenvalue weighted by Gasteiger charge is 2.17. The predicted molar refractivity (Wildman–Crippen MR) is 61.1 cm³/mol. The number of benzene rings is 1. The van der Waals surface area contributed by atoms with Gasteiger partial charge in [-0.15, -0.1) is 0 Å². The van der Waals surface area contributed by atoms with Gasteiger partial charge in [-0.1, -0.05) is 0 Å². The van der Waals surface area contributed by atoms with E-state index in [1.54, 1.807) is 0 Å². The van der Waals surface area contributed by atoms with Crippen LogP contribution in [0.2, 0.25) is 0 Å². The maximum absolute atomic E-state index is 13.3. The van der Waals surface area contributed by atoms with Gasteiger partial charge in [0.05, 0.1) is 5.39 Å². The molecule has 0 atom stereocenters. The highest BCUT2D eigenvalue weighted by atomic mass is 19.2. The van der Waals surface area contributed by atoms with Gasteiger partial charge in [-0.05, 0) is 48.8 Å². The number of pyridine rings is 1. The zero-order valence-electron chi connectivity index (χ0n) is 9.15. The molecule has 0 saturated heterocycles. The molecule has 1 heterocycles. The number of aryl methyl sites for hydroxylation is 2. The molecule has 1 aliphatic rings. The summed E-state index contributed by atoms with van der Waals surface area (Å²) in [5.74, 6) is -1.87. The minimum absolute atomic E-state index is 0.240. The molecule has 17 heavy (non-hydrogen) atoms. The number of halogens is 2. The third-order valence-corrected chi connectivity index (χ3v) is 3.36. The van der Waals surface area contributed by atoms with Gasteiger partial charge >= 0.3 is 0 Å². The zero-order chi connectivity index (χ0) is 12.0. The molecule has 4 heteroatoms. The van der Waals surface area contributed by atoms with Crippen LogP contribution in [-0.2, 0) is 12.8 Å². The maximum atomic E-state index is 13.3. The average molecular weight is 235 g/mol. The van der Waals surface area contributed by atoms with E-state index in [9.17, 15) is 13.6 Å². The molecule has 0 spiro atoms. The van der Waals surface area contributed by atoms with E-state index in [0.717, 1.165) is 49.1 Å². The normalized spacial score (nSPS) is 14.9. The number of H-pyrrole nitrogens is 1. The summed E-state index contributed by atoms with van der Waals surface area (Å²) in [5.41, 5.74) is 1.50. The van der Waals surface area contributed by atoms with Gasteiger partial charge in [0.15, 0.2) is 11.6 Å². The van der Waals surface area contributed by atoms with Crippen molar-refractivity contribution < 1.29 is 8.78 Å². The van der Waals surface area contributed by atoms with Gasteiger partial charge in [0.25, 0.3) is 5.56 Å². The van der Waals surface area contributed by atoms with Crippen LogP contribution in [0.15, 0.2) is 16.9 Å². The molecule has 3 rings (SSSR count). The number of fused-ring (bicyclic) bond motifs is 3. The van der Waals surface area contributed by atoms with Crippen LogP contribution in [0.25, 0.3) is 10.8 Å². The monoisotopic (exact) mass is 235 g/mol. The van der Waals surface area contributed by atoms with E-state index in [1.807, 2.05) is 0 Å². The number of hydrogen-bond donors (Lipinski definition) is 1. The van der Waals surface area contributed by atoms with Crippen LogP contribution < -0.4 is 5.56 Å². The number of aromatic nitrogens is 1. The zero-order valence-corrected chi connectivity index (χ0v) is 9.15. The molecular formula is C13H11F2NO. The lowest BCUT2D eigenvalue weighted by molar-refractivity contribution is 0.510. The highest BCUT2D eigenvalue weighted by Crippen LogP contribution is 2.26. The average Bonchev–Trinajstić information content (AvgIpc) is 2.32. The maximum Gasteiger partial charge on any atom is 0.256 e. The second kappa shape index (κ2) is 3.65. The van der Waals surface area contributed by atoms with Gasteiger partial charge < -0.3 is 4.98 Å². The molecule has 0 amide bonds. The summed E-state index contributed by atoms with van der Waals surface area (Å²) in [7, 11) is 0. The van der Waals surface area contributed by atoms with Gasteiger partial charge in [0.2, 0.25) is 0 Å². The SMILES string of the molecule is O=c1[nH]c2c(c3cc(F)c(F)cc13)CCCC2. The lowest BCUT2D eigenvalue weighted by Gasteiger charge is -2.17. The standard InChI is InChI=1S/C13H11F2NO/c14-10-5-8-7-3-1-2-4-12(7)16-13(17)9(8)6-11(10)15/h5-6H,1-4H2,(H,16,17). The van der Waals surface area contributed by atoms with Crippen LogP contribution in [0.4, 0.5) is 8.78 Å². The summed E-state index contributed by atoms with van der Waals surface area (Å²) >= 11 is 0. The molecule has 1 aromatic carbocycles. The Bertz CT molecular complexity index is 660. The van der Waals surface area contributed by atoms with Gasteiger partial charge in [-0.25, -0.2) is 8.78 Å². The third-order valence-electron chi connectivity index (χ3n) is 3.36. The highest BCUT2D eigenvalue weighted by molar-refractivity contribution is 5.85. The largest absolute Gasteiger partial charge is 0.325 e. The van der Waals surface area contributed by atoms with Crippen molar-refractivity contribution in [2.24, 2.45) is 0 Å². The molecule has 88 valence electrons. The Hall–Kier alpha value is -1.71. The summed E-state index contributed by atoms with van der Waals surface area (Å²) in [5, 5.41) is 0.798. The fraction of sp³-hybridized carbons (Fsp3) is 0.308. The molecule has 2 aromatic rings. The molecule has 0 saturated carbocycles. The van der Waals surface area contributed by atoms with Crippen molar-refractivity contribution in [3.8, 4) is 0 Å². The Balaban J connectivity index is 2.44. The minimum Gasteiger partial charge on any atom is -0.325 e. The van der Waals surface area contributed by atoms with Crippen LogP contribution in [0.5, 0.6) is 0 Å². The smallest absolute Gasteiger partial charge is 0.256 e. The summed E-state index contributed by atoms with van der Waals surface area (Å²) in [4.78, 5) is 14.5. The first-order valence-corrected chi connectivity index (χ1v) is 5.69. The van der Waals surface area contributed by atoms with Crippen LogP contribution in [0.1, 0.15) is 24.1 Å². The molecule has 0 radical (unpaired) electrons. The number of hydrogen-bond acceptors (Lipinski definition) is 1. The van der Waals surface area contributed by atoms with E-state index >= 15 is 0 Å². The molecule has 1 aliphatic carbocycles. The summed E-state index contributed by atoms with van der Waals surface area (Å²) in [6.45, 7) is 0. The molecule has 0 fully saturated rings. The van der Waals surface area contributed by atoms with E-state index < -0.39 is 11.6 Å². The fourth-order valence-electron chi connectivity index (χ4n) is 2.53. The van der Waals surface area contributed by atoms with E-state index in [1.165, 1.54) is 0 Å². The van der Waals surface area contributed by atoms with Crippen molar-refractivity contribution in [3.05, 3.63) is 45.4 Å². The van der Waals surface area contributed by atoms with Crippen LogP contribution >= 0.6 is 0 Å². The molecule has 1 aromatic heterocycles. The van der Waals surface area contributed by atoms with Crippen LogP contribution in [0, 0.1) is 11.6 Å². The molecule has 0 unspecified atom stereocenters. The summed E-state index contributed by atoms with van der Waals surface area (Å²) in [6.07, 6.45) is 3.67. The Morgan fingerprint density at radius 3 is 2.41 bits per heavy atom. The lowest BCUT2D eigenvalue weighted by atomic mass is 9.92. The fourth-order valence-corrected chi connectivity index (χ4v) is 2.53. The Morgan fingerprint density at radius 2 is 1.65 bits per heavy atom. The van der Waals surface area contributed by atoms with Crippen molar-refractivity contribution in [2.45, 2.75) is 25.7 Å². The Labute approximate surface area is 96.3 Å². The second-order valence-electron chi connectivity index (χ2n) is 4.43. The molecule has 0 aliphatic heterocycles. The second-order valence-corrected chi connectivity index (χ2v) is 4.43. The van der Waals surface area contributed by atoms with Crippen LogP contribution in [0.3, 0.4) is 0 Å². The third kappa shape index (κ3) is 1.55. The van der Waals surface area contributed by atoms with Gasteiger partial charge in [-0.2, -0.15) is 0 Å². The van der Waals surface area contributed by atoms with Crippen molar-refractivity contribution in [1.29, 1.82) is 0 Å². The molecule has 2 nitrogen and oxygen atoms in total. The molecular weight excluding hydrogens is 224 g/mol. The first kappa shape index (κ1) is 10.4. The lowest BCUT2D eigenvalue weighted by Crippen LogP contribution is -2.16. The Morgan fingerprint density at radius 1 is 1.00 bits per heavy atom. The predicted octanol–water partition coefficient (Wildman–Crippen LogP) is 2.69. The van der Waals surface area contributed by atoms with E-state index in [0.29, 0.717) is 5.39 Å². The summed E-state index contributed by atoms with van der Waals surface area (Å²) < 4.78 is 26.4. The van der Waals surface area contributed by atoms with Crippen molar-refractivity contribution in [2.75, 3.05) is 0 Å². The number of aromatic amines is 1. The van der Waals surface area contributed by atoms with Gasteiger partial charge in [0.1, 0.15) is 0 Å². The molecule has 0 bridgehead atoms. The van der Waals surface area contributed by atoms with E-state index in [2.05, 4.69) is 4.98 Å². The Kier molecular flexibility index (Phi) is 2.24. The van der Waals surface area contributed by atoms with E-state index in [-0.39, 0.29) is 10.9 Å². The van der Waals surface area contributed by atoms with Gasteiger partial charge in [-0.3, -0.25) is 4.79 Å². The first-order valence-electron chi connectivity index (χ1n) is 5.69. The quantitative estimate of drug-likeness (QED) is 0.748. The topological polar surface area (TPSA) is 32.9 Å². The number of nitrogens with one attached hydrogen (secondary N) is 1. The van der Waals surface area contributed by atoms with Crippen molar-refractivity contribution in [3.63, 3.8) is 0 Å². The van der Waals surface area contributed by atoms with Crippen molar-refractivity contribution >= 4 is 10.8 Å². The first-order chi connectivity index (χ1) is 8.16. The van der Waals surface area contributed by atoms with E-state index in [4.69, 9.17) is 0 Å². The minimum atomic E-state index is -0.973. The number of rotatable bonds is 0. The van der Waals surface area contributed by atoms with Crippen molar-refractivity contribution in [1.82, 2.24) is 4.98 Å².